The summed E-state index contributed by atoms with van der Waals surface area (Å²) in [5, 5.41) is 3.78. The fraction of sp³-hybridized carbons (Fsp3) is 0.125. The number of nitrogens with zero attached hydrogens (tertiary/aromatic N) is 3. The topological polar surface area (TPSA) is 67.8 Å². The average Bonchev–Trinajstić information content (AvgIpc) is 3.04. The molecule has 0 aliphatic rings. The van der Waals surface area contributed by atoms with Crippen LogP contribution in [0.4, 0.5) is 9.52 Å². The molecule has 9 heteroatoms. The molecule has 0 atom stereocenters. The molecule has 1 amide bonds. The number of hydrogen-bond acceptors (Lipinski definition) is 6. The predicted molar refractivity (Wildman–Crippen MR) is 98.1 cm³/mol. The number of thioether (sulfide) groups is 1. The molecular formula is C16H12ClFN4OS2. The normalized spacial score (nSPS) is 10.7. The van der Waals surface area contributed by atoms with Crippen LogP contribution < -0.4 is 5.32 Å². The molecule has 25 heavy (non-hydrogen) atoms. The van der Waals surface area contributed by atoms with Gasteiger partial charge < -0.3 is 0 Å². The molecule has 0 bridgehead atoms. The van der Waals surface area contributed by atoms with Gasteiger partial charge in [0.05, 0.1) is 11.2 Å². The molecule has 3 aromatic rings. The Labute approximate surface area is 156 Å². The van der Waals surface area contributed by atoms with Crippen molar-refractivity contribution in [3.05, 3.63) is 63.6 Å². The lowest BCUT2D eigenvalue weighted by molar-refractivity contribution is 0.102. The predicted octanol–water partition coefficient (Wildman–Crippen LogP) is 4.29. The summed E-state index contributed by atoms with van der Waals surface area (Å²) >= 11 is 8.66. The van der Waals surface area contributed by atoms with E-state index in [4.69, 9.17) is 11.6 Å². The zero-order valence-corrected chi connectivity index (χ0v) is 15.4. The number of carbonyl (C=O) groups is 1. The van der Waals surface area contributed by atoms with E-state index in [0.29, 0.717) is 16.7 Å². The van der Waals surface area contributed by atoms with E-state index in [-0.39, 0.29) is 16.5 Å². The fourth-order valence-electron chi connectivity index (χ4n) is 2.02. The minimum atomic E-state index is -0.439. The number of hydrogen-bond donors (Lipinski definition) is 1. The SMILES string of the molecule is CSc1ncc(Cl)c(C(=O)Nc2ncc(Cc3ccc(F)cc3)s2)n1. The van der Waals surface area contributed by atoms with Crippen molar-refractivity contribution in [1.29, 1.82) is 0 Å². The third-order valence-electron chi connectivity index (χ3n) is 3.19. The summed E-state index contributed by atoms with van der Waals surface area (Å²) in [7, 11) is 0. The van der Waals surface area contributed by atoms with Crippen molar-refractivity contribution in [1.82, 2.24) is 15.0 Å². The van der Waals surface area contributed by atoms with Crippen molar-refractivity contribution < 1.29 is 9.18 Å². The number of anilines is 1. The van der Waals surface area contributed by atoms with E-state index >= 15 is 0 Å². The maximum atomic E-state index is 12.9. The third kappa shape index (κ3) is 4.53. The highest BCUT2D eigenvalue weighted by Gasteiger charge is 2.16. The first kappa shape index (κ1) is 17.8. The standard InChI is InChI=1S/C16H12ClFN4OS2/c1-24-15-20-8-12(17)13(21-15)14(23)22-16-19-7-11(25-16)6-9-2-4-10(18)5-3-9/h2-5,7-8H,6H2,1H3,(H,19,22,23). The van der Waals surface area contributed by atoms with Crippen molar-refractivity contribution in [3.63, 3.8) is 0 Å². The Bertz CT molecular complexity index is 901. The van der Waals surface area contributed by atoms with Crippen LogP contribution >= 0.6 is 34.7 Å². The van der Waals surface area contributed by atoms with Gasteiger partial charge in [0.15, 0.2) is 16.0 Å². The molecule has 0 saturated carbocycles. The van der Waals surface area contributed by atoms with E-state index in [1.807, 2.05) is 6.26 Å². The monoisotopic (exact) mass is 394 g/mol. The summed E-state index contributed by atoms with van der Waals surface area (Å²) in [6.07, 6.45) is 5.50. The van der Waals surface area contributed by atoms with E-state index in [2.05, 4.69) is 20.3 Å². The Hall–Kier alpha value is -2.03. The van der Waals surface area contributed by atoms with Gasteiger partial charge in [-0.3, -0.25) is 10.1 Å². The van der Waals surface area contributed by atoms with Crippen molar-refractivity contribution in [2.75, 3.05) is 11.6 Å². The Morgan fingerprint density at radius 1 is 1.28 bits per heavy atom. The second-order valence-corrected chi connectivity index (χ2v) is 7.24. The second-order valence-electron chi connectivity index (χ2n) is 4.94. The summed E-state index contributed by atoms with van der Waals surface area (Å²) in [5.41, 5.74) is 1.07. The van der Waals surface area contributed by atoms with Crippen LogP contribution in [0.15, 0.2) is 41.8 Å². The molecule has 5 nitrogen and oxygen atoms in total. The highest BCUT2D eigenvalue weighted by Crippen LogP contribution is 2.23. The van der Waals surface area contributed by atoms with Gasteiger partial charge in [-0.1, -0.05) is 35.5 Å². The van der Waals surface area contributed by atoms with Crippen LogP contribution in [0.1, 0.15) is 20.9 Å². The number of amides is 1. The first-order valence-corrected chi connectivity index (χ1v) is 9.54. The van der Waals surface area contributed by atoms with Gasteiger partial charge in [-0.25, -0.2) is 19.3 Å². The molecule has 0 aliphatic heterocycles. The largest absolute Gasteiger partial charge is 0.296 e. The Balaban J connectivity index is 1.70. The summed E-state index contributed by atoms with van der Waals surface area (Å²) in [6.45, 7) is 0. The zero-order chi connectivity index (χ0) is 17.8. The van der Waals surface area contributed by atoms with Gasteiger partial charge in [0, 0.05) is 17.5 Å². The molecule has 0 fully saturated rings. The molecule has 1 N–H and O–H groups in total. The molecule has 0 radical (unpaired) electrons. The molecule has 3 rings (SSSR count). The fourth-order valence-corrected chi connectivity index (χ4v) is 3.37. The molecule has 2 aromatic heterocycles. The van der Waals surface area contributed by atoms with Gasteiger partial charge in [0.25, 0.3) is 5.91 Å². The highest BCUT2D eigenvalue weighted by molar-refractivity contribution is 7.98. The Morgan fingerprint density at radius 2 is 2.04 bits per heavy atom. The van der Waals surface area contributed by atoms with Crippen molar-refractivity contribution >= 4 is 45.7 Å². The molecule has 0 aliphatic carbocycles. The first-order chi connectivity index (χ1) is 12.0. The number of aromatic nitrogens is 3. The summed E-state index contributed by atoms with van der Waals surface area (Å²) in [6, 6.07) is 6.27. The van der Waals surface area contributed by atoms with Crippen LogP contribution in [0.5, 0.6) is 0 Å². The van der Waals surface area contributed by atoms with Crippen molar-refractivity contribution in [2.24, 2.45) is 0 Å². The summed E-state index contributed by atoms with van der Waals surface area (Å²) in [5.74, 6) is -0.710. The van der Waals surface area contributed by atoms with Gasteiger partial charge in [-0.15, -0.1) is 11.3 Å². The number of thiazole rings is 1. The van der Waals surface area contributed by atoms with E-state index in [1.54, 1.807) is 18.3 Å². The van der Waals surface area contributed by atoms with E-state index in [1.165, 1.54) is 41.4 Å². The lowest BCUT2D eigenvalue weighted by Crippen LogP contribution is -2.15. The van der Waals surface area contributed by atoms with Gasteiger partial charge in [0.1, 0.15) is 5.82 Å². The van der Waals surface area contributed by atoms with E-state index < -0.39 is 5.91 Å². The smallest absolute Gasteiger partial charge is 0.277 e. The number of carbonyl (C=O) groups excluding carboxylic acids is 1. The third-order valence-corrected chi connectivity index (χ3v) is 4.94. The Kier molecular flexibility index (Phi) is 5.62. The number of nitrogens with one attached hydrogen (secondary N) is 1. The van der Waals surface area contributed by atoms with Crippen molar-refractivity contribution in [3.8, 4) is 0 Å². The van der Waals surface area contributed by atoms with Gasteiger partial charge >= 0.3 is 0 Å². The van der Waals surface area contributed by atoms with Crippen LogP contribution in [-0.4, -0.2) is 27.1 Å². The van der Waals surface area contributed by atoms with Crippen molar-refractivity contribution in [2.45, 2.75) is 11.6 Å². The quantitative estimate of drug-likeness (QED) is 0.516. The molecular weight excluding hydrogens is 383 g/mol. The van der Waals surface area contributed by atoms with Crippen LogP contribution in [0.3, 0.4) is 0 Å². The summed E-state index contributed by atoms with van der Waals surface area (Å²) < 4.78 is 12.9. The van der Waals surface area contributed by atoms with Crippen LogP contribution in [0, 0.1) is 5.82 Å². The number of benzene rings is 1. The Morgan fingerprint density at radius 3 is 2.76 bits per heavy atom. The molecule has 0 spiro atoms. The van der Waals surface area contributed by atoms with Gasteiger partial charge in [0.2, 0.25) is 0 Å². The number of rotatable bonds is 5. The van der Waals surface area contributed by atoms with Gasteiger partial charge in [-0.2, -0.15) is 0 Å². The molecule has 2 heterocycles. The second kappa shape index (κ2) is 7.90. The minimum absolute atomic E-state index is 0.108. The van der Waals surface area contributed by atoms with Gasteiger partial charge in [-0.05, 0) is 24.0 Å². The molecule has 128 valence electrons. The average molecular weight is 395 g/mol. The lowest BCUT2D eigenvalue weighted by Gasteiger charge is -2.04. The maximum absolute atomic E-state index is 12.9. The van der Waals surface area contributed by atoms with E-state index in [0.717, 1.165) is 10.4 Å². The van der Waals surface area contributed by atoms with E-state index in [9.17, 15) is 9.18 Å². The highest BCUT2D eigenvalue weighted by atomic mass is 35.5. The van der Waals surface area contributed by atoms with Crippen LogP contribution in [0.25, 0.3) is 0 Å². The lowest BCUT2D eigenvalue weighted by atomic mass is 10.1. The first-order valence-electron chi connectivity index (χ1n) is 7.12. The molecule has 0 unspecified atom stereocenters. The molecule has 0 saturated heterocycles. The maximum Gasteiger partial charge on any atom is 0.277 e. The summed E-state index contributed by atoms with van der Waals surface area (Å²) in [4.78, 5) is 25.6. The molecule has 1 aromatic carbocycles. The zero-order valence-electron chi connectivity index (χ0n) is 13.0. The number of halogens is 2. The minimum Gasteiger partial charge on any atom is -0.296 e. The van der Waals surface area contributed by atoms with Crippen LogP contribution in [-0.2, 0) is 6.42 Å². The van der Waals surface area contributed by atoms with Crippen LogP contribution in [0.2, 0.25) is 5.02 Å².